The summed E-state index contributed by atoms with van der Waals surface area (Å²) in [6.07, 6.45) is 3.11. The fraction of sp³-hybridized carbons (Fsp3) is 0.900. The molecule has 0 radical (unpaired) electrons. The summed E-state index contributed by atoms with van der Waals surface area (Å²) >= 11 is 0. The van der Waals surface area contributed by atoms with Crippen LogP contribution in [0.5, 0.6) is 0 Å². The molecule has 3 saturated heterocycles. The van der Waals surface area contributed by atoms with Crippen molar-refractivity contribution < 1.29 is 9.53 Å². The van der Waals surface area contributed by atoms with Crippen LogP contribution in [0.25, 0.3) is 0 Å². The number of hydrogen-bond donors (Lipinski definition) is 0. The lowest BCUT2D eigenvalue weighted by Crippen LogP contribution is -2.51. The van der Waals surface area contributed by atoms with E-state index in [4.69, 9.17) is 4.74 Å². The zero-order chi connectivity index (χ0) is 9.26. The Morgan fingerprint density at radius 3 is 2.33 bits per heavy atom. The zero-order valence-electron chi connectivity index (χ0n) is 8.98. The van der Waals surface area contributed by atoms with E-state index in [1.807, 2.05) is 6.92 Å². The lowest BCUT2D eigenvalue weighted by Gasteiger charge is -2.43. The topological polar surface area (TPSA) is 29.5 Å². The Hall–Kier alpha value is 0.01000. The Kier molecular flexibility index (Phi) is 6.57. The van der Waals surface area contributed by atoms with Gasteiger partial charge >= 0.3 is 5.97 Å². The minimum absolute atomic E-state index is 0. The van der Waals surface area contributed by atoms with Crippen LogP contribution < -0.4 is 0 Å². The van der Waals surface area contributed by atoms with Gasteiger partial charge in [0.05, 0.1) is 0 Å². The number of esters is 1. The SMILES string of the molecule is CCC(=O)OC1CN2CCC1CC2.Cl.Cl. The van der Waals surface area contributed by atoms with Crippen molar-refractivity contribution in [1.29, 1.82) is 0 Å². The third kappa shape index (κ3) is 3.51. The molecule has 1 unspecified atom stereocenters. The maximum atomic E-state index is 11.1. The minimum atomic E-state index is -0.0428. The first kappa shape index (κ1) is 15.0. The highest BCUT2D eigenvalue weighted by atomic mass is 35.5. The summed E-state index contributed by atoms with van der Waals surface area (Å²) in [5.41, 5.74) is 0. The third-order valence-corrected chi connectivity index (χ3v) is 3.17. The van der Waals surface area contributed by atoms with Crippen LogP contribution in [0.15, 0.2) is 0 Å². The summed E-state index contributed by atoms with van der Waals surface area (Å²) in [7, 11) is 0. The predicted octanol–water partition coefficient (Wildman–Crippen LogP) is 1.88. The Morgan fingerprint density at radius 1 is 1.33 bits per heavy atom. The largest absolute Gasteiger partial charge is 0.461 e. The van der Waals surface area contributed by atoms with Crippen LogP contribution in [-0.2, 0) is 9.53 Å². The van der Waals surface area contributed by atoms with Crippen LogP contribution in [0, 0.1) is 5.92 Å². The van der Waals surface area contributed by atoms with E-state index in [-0.39, 0.29) is 36.9 Å². The molecule has 5 heteroatoms. The fourth-order valence-corrected chi connectivity index (χ4v) is 2.30. The molecule has 0 aliphatic carbocycles. The quantitative estimate of drug-likeness (QED) is 0.706. The van der Waals surface area contributed by atoms with Crippen molar-refractivity contribution >= 4 is 30.8 Å². The van der Waals surface area contributed by atoms with Crippen LogP contribution in [0.4, 0.5) is 0 Å². The van der Waals surface area contributed by atoms with Crippen molar-refractivity contribution in [3.05, 3.63) is 0 Å². The molecule has 2 bridgehead atoms. The summed E-state index contributed by atoms with van der Waals surface area (Å²) in [4.78, 5) is 13.5. The lowest BCUT2D eigenvalue weighted by molar-refractivity contribution is -0.158. The van der Waals surface area contributed by atoms with E-state index in [0.29, 0.717) is 12.3 Å². The number of rotatable bonds is 2. The second-order valence-electron chi connectivity index (χ2n) is 4.02. The molecule has 1 atom stereocenters. The number of halogens is 2. The normalized spacial score (nSPS) is 32.5. The molecule has 90 valence electrons. The van der Waals surface area contributed by atoms with Crippen molar-refractivity contribution in [1.82, 2.24) is 4.90 Å². The van der Waals surface area contributed by atoms with Crippen LogP contribution in [-0.4, -0.2) is 36.6 Å². The molecular formula is C10H19Cl2NO2. The molecule has 0 N–H and O–H groups in total. The van der Waals surface area contributed by atoms with E-state index in [9.17, 15) is 4.79 Å². The number of fused-ring (bicyclic) bond motifs is 3. The zero-order valence-corrected chi connectivity index (χ0v) is 10.6. The second kappa shape index (κ2) is 6.56. The molecule has 3 aliphatic rings. The summed E-state index contributed by atoms with van der Waals surface area (Å²) in [5.74, 6) is 0.597. The number of nitrogens with zero attached hydrogens (tertiary/aromatic N) is 1. The van der Waals surface area contributed by atoms with Crippen LogP contribution in [0.2, 0.25) is 0 Å². The van der Waals surface area contributed by atoms with Gasteiger partial charge < -0.3 is 4.74 Å². The van der Waals surface area contributed by atoms with Crippen LogP contribution in [0.3, 0.4) is 0 Å². The van der Waals surface area contributed by atoms with E-state index >= 15 is 0 Å². The Bertz CT molecular complexity index is 206. The van der Waals surface area contributed by atoms with Gasteiger partial charge in [-0.15, -0.1) is 24.8 Å². The Balaban J connectivity index is 0.000000980. The predicted molar refractivity (Wildman–Crippen MR) is 63.8 cm³/mol. The van der Waals surface area contributed by atoms with Gasteiger partial charge in [-0.25, -0.2) is 0 Å². The highest BCUT2D eigenvalue weighted by Gasteiger charge is 2.36. The molecule has 0 aromatic heterocycles. The van der Waals surface area contributed by atoms with Gasteiger partial charge in [0.2, 0.25) is 0 Å². The van der Waals surface area contributed by atoms with E-state index in [1.165, 1.54) is 25.9 Å². The van der Waals surface area contributed by atoms with Gasteiger partial charge in [-0.2, -0.15) is 0 Å². The van der Waals surface area contributed by atoms with Crippen LogP contribution >= 0.6 is 24.8 Å². The maximum absolute atomic E-state index is 11.1. The van der Waals surface area contributed by atoms with Crippen molar-refractivity contribution in [2.45, 2.75) is 32.3 Å². The number of carbonyl (C=O) groups is 1. The van der Waals surface area contributed by atoms with Crippen molar-refractivity contribution in [3.8, 4) is 0 Å². The average molecular weight is 256 g/mol. The molecule has 3 fully saturated rings. The molecule has 0 spiro atoms. The molecular weight excluding hydrogens is 237 g/mol. The molecule has 0 aromatic rings. The number of ether oxygens (including phenoxy) is 1. The average Bonchev–Trinajstić information content (AvgIpc) is 2.19. The van der Waals surface area contributed by atoms with E-state index in [0.717, 1.165) is 6.54 Å². The molecule has 3 aliphatic heterocycles. The Labute approximate surface area is 103 Å². The third-order valence-electron chi connectivity index (χ3n) is 3.17. The molecule has 3 rings (SSSR count). The number of piperidine rings is 3. The van der Waals surface area contributed by atoms with Crippen molar-refractivity contribution in [2.75, 3.05) is 19.6 Å². The molecule has 3 heterocycles. The monoisotopic (exact) mass is 255 g/mol. The van der Waals surface area contributed by atoms with Gasteiger partial charge in [0.15, 0.2) is 0 Å². The fourth-order valence-electron chi connectivity index (χ4n) is 2.30. The van der Waals surface area contributed by atoms with Gasteiger partial charge in [-0.3, -0.25) is 9.69 Å². The van der Waals surface area contributed by atoms with Crippen molar-refractivity contribution in [2.24, 2.45) is 5.92 Å². The smallest absolute Gasteiger partial charge is 0.305 e. The summed E-state index contributed by atoms with van der Waals surface area (Å²) < 4.78 is 5.39. The number of carbonyl (C=O) groups excluding carboxylic acids is 1. The van der Waals surface area contributed by atoms with Crippen LogP contribution in [0.1, 0.15) is 26.2 Å². The molecule has 15 heavy (non-hydrogen) atoms. The first-order chi connectivity index (χ1) is 6.29. The van der Waals surface area contributed by atoms with E-state index in [1.54, 1.807) is 0 Å². The van der Waals surface area contributed by atoms with Gasteiger partial charge in [0, 0.05) is 13.0 Å². The molecule has 0 aromatic carbocycles. The minimum Gasteiger partial charge on any atom is -0.461 e. The highest BCUT2D eigenvalue weighted by Crippen LogP contribution is 2.29. The summed E-state index contributed by atoms with van der Waals surface area (Å²) in [6.45, 7) is 5.22. The van der Waals surface area contributed by atoms with E-state index < -0.39 is 0 Å². The van der Waals surface area contributed by atoms with Gasteiger partial charge in [0.1, 0.15) is 6.10 Å². The molecule has 0 amide bonds. The lowest BCUT2D eigenvalue weighted by atomic mass is 9.86. The Morgan fingerprint density at radius 2 is 1.93 bits per heavy atom. The standard InChI is InChI=1S/C10H17NO2.2ClH/c1-2-10(12)13-9-7-11-5-3-8(9)4-6-11;;/h8-9H,2-7H2,1H3;2*1H. The number of hydrogen-bond acceptors (Lipinski definition) is 3. The van der Waals surface area contributed by atoms with Gasteiger partial charge in [0.25, 0.3) is 0 Å². The van der Waals surface area contributed by atoms with Gasteiger partial charge in [-0.05, 0) is 31.8 Å². The first-order valence-electron chi connectivity index (χ1n) is 5.21. The first-order valence-corrected chi connectivity index (χ1v) is 5.21. The van der Waals surface area contributed by atoms with E-state index in [2.05, 4.69) is 4.90 Å². The molecule has 3 nitrogen and oxygen atoms in total. The van der Waals surface area contributed by atoms with Gasteiger partial charge in [-0.1, -0.05) is 6.92 Å². The highest BCUT2D eigenvalue weighted by molar-refractivity contribution is 5.85. The van der Waals surface area contributed by atoms with Crippen molar-refractivity contribution in [3.63, 3.8) is 0 Å². The second-order valence-corrected chi connectivity index (χ2v) is 4.02. The summed E-state index contributed by atoms with van der Waals surface area (Å²) in [6, 6.07) is 0. The molecule has 0 saturated carbocycles. The maximum Gasteiger partial charge on any atom is 0.305 e. The summed E-state index contributed by atoms with van der Waals surface area (Å²) in [5, 5.41) is 0.